The number of carbonyl (C=O) groups is 4. The number of nitrogens with one attached hydrogen (secondary N) is 3. The van der Waals surface area contributed by atoms with Crippen molar-refractivity contribution in [1.29, 1.82) is 0 Å². The maximum absolute atomic E-state index is 12.3. The average molecular weight is 371 g/mol. The van der Waals surface area contributed by atoms with Gasteiger partial charge in [-0.05, 0) is 46.0 Å². The molecule has 0 bridgehead atoms. The third-order valence-corrected chi connectivity index (χ3v) is 3.46. The third kappa shape index (κ3) is 11.4. The highest BCUT2D eigenvalue weighted by molar-refractivity contribution is 5.88. The highest BCUT2D eigenvalue weighted by Gasteiger charge is 2.23. The number of rotatable bonds is 10. The lowest BCUT2D eigenvalue weighted by molar-refractivity contribution is -0.129. The molecular formula is C18H33N3O5. The average Bonchev–Trinajstić information content (AvgIpc) is 2.48. The zero-order chi connectivity index (χ0) is 20.3. The first kappa shape index (κ1) is 23.9. The van der Waals surface area contributed by atoms with Gasteiger partial charge in [-0.15, -0.1) is 0 Å². The number of ether oxygens (including phenoxy) is 1. The van der Waals surface area contributed by atoms with E-state index in [4.69, 9.17) is 4.74 Å². The van der Waals surface area contributed by atoms with Crippen molar-refractivity contribution >= 4 is 24.2 Å². The number of hydrogen-bond acceptors (Lipinski definition) is 5. The molecule has 0 spiro atoms. The van der Waals surface area contributed by atoms with E-state index in [2.05, 4.69) is 16.0 Å². The summed E-state index contributed by atoms with van der Waals surface area (Å²) in [6, 6.07) is -1.30. The van der Waals surface area contributed by atoms with Gasteiger partial charge in [-0.1, -0.05) is 13.8 Å². The Morgan fingerprint density at radius 2 is 1.69 bits per heavy atom. The summed E-state index contributed by atoms with van der Waals surface area (Å²) in [5.74, 6) is -0.734. The van der Waals surface area contributed by atoms with Gasteiger partial charge < -0.3 is 25.5 Å². The maximum Gasteiger partial charge on any atom is 0.407 e. The molecule has 150 valence electrons. The van der Waals surface area contributed by atoms with Crippen LogP contribution in [0.2, 0.25) is 0 Å². The largest absolute Gasteiger partial charge is 0.444 e. The zero-order valence-corrected chi connectivity index (χ0v) is 16.7. The smallest absolute Gasteiger partial charge is 0.407 e. The summed E-state index contributed by atoms with van der Waals surface area (Å²) in [5.41, 5.74) is -0.551. The summed E-state index contributed by atoms with van der Waals surface area (Å²) in [6.07, 6.45) is 1.86. The second kappa shape index (κ2) is 11.5. The molecule has 0 aliphatic carbocycles. The van der Waals surface area contributed by atoms with E-state index in [1.54, 1.807) is 20.8 Å². The predicted molar refractivity (Wildman–Crippen MR) is 98.5 cm³/mol. The Bertz CT molecular complexity index is 486. The Hall–Kier alpha value is -2.12. The lowest BCUT2D eigenvalue weighted by Crippen LogP contribution is -2.50. The molecule has 0 heterocycles. The van der Waals surface area contributed by atoms with Crippen LogP contribution in [0.25, 0.3) is 0 Å². The van der Waals surface area contributed by atoms with E-state index in [-0.39, 0.29) is 17.7 Å². The molecule has 0 aliphatic rings. The first-order valence-corrected chi connectivity index (χ1v) is 8.96. The van der Waals surface area contributed by atoms with Gasteiger partial charge in [0.05, 0.1) is 6.04 Å². The van der Waals surface area contributed by atoms with Crippen LogP contribution in [-0.4, -0.2) is 48.4 Å². The molecule has 0 saturated heterocycles. The fraction of sp³-hybridized carbons (Fsp3) is 0.778. The van der Waals surface area contributed by atoms with E-state index in [9.17, 15) is 19.2 Å². The van der Waals surface area contributed by atoms with Crippen molar-refractivity contribution in [2.45, 2.75) is 78.5 Å². The van der Waals surface area contributed by atoms with Gasteiger partial charge in [0.25, 0.3) is 0 Å². The molecule has 0 unspecified atom stereocenters. The van der Waals surface area contributed by atoms with E-state index >= 15 is 0 Å². The number of aldehydes is 1. The van der Waals surface area contributed by atoms with Gasteiger partial charge in [-0.3, -0.25) is 9.59 Å². The van der Waals surface area contributed by atoms with E-state index in [0.29, 0.717) is 32.1 Å². The van der Waals surface area contributed by atoms with Crippen LogP contribution in [-0.2, 0) is 19.1 Å². The van der Waals surface area contributed by atoms with E-state index in [0.717, 1.165) is 0 Å². The molecule has 0 aromatic heterocycles. The molecule has 8 heteroatoms. The summed E-state index contributed by atoms with van der Waals surface area (Å²) in [7, 11) is 0. The third-order valence-electron chi connectivity index (χ3n) is 3.46. The van der Waals surface area contributed by atoms with Gasteiger partial charge in [0.1, 0.15) is 17.9 Å². The second-order valence-corrected chi connectivity index (χ2v) is 7.59. The van der Waals surface area contributed by atoms with Crippen LogP contribution < -0.4 is 16.0 Å². The highest BCUT2D eigenvalue weighted by Crippen LogP contribution is 2.07. The Balaban J connectivity index is 4.38. The van der Waals surface area contributed by atoms with Crippen molar-refractivity contribution in [3.63, 3.8) is 0 Å². The molecule has 3 amide bonds. The summed E-state index contributed by atoms with van der Waals surface area (Å²) in [5, 5.41) is 7.89. The number of alkyl carbamates (subject to hydrolysis) is 1. The zero-order valence-electron chi connectivity index (χ0n) is 16.7. The molecular weight excluding hydrogens is 338 g/mol. The van der Waals surface area contributed by atoms with Crippen molar-refractivity contribution in [3.05, 3.63) is 0 Å². The summed E-state index contributed by atoms with van der Waals surface area (Å²) in [6.45, 7) is 10.8. The molecule has 2 atom stereocenters. The van der Waals surface area contributed by atoms with Crippen molar-refractivity contribution in [2.75, 3.05) is 6.54 Å². The number of hydrogen-bond donors (Lipinski definition) is 3. The monoisotopic (exact) mass is 371 g/mol. The minimum absolute atomic E-state index is 0.0348. The van der Waals surface area contributed by atoms with Gasteiger partial charge in [-0.25, -0.2) is 4.79 Å². The molecule has 8 nitrogen and oxygen atoms in total. The molecule has 0 fully saturated rings. The highest BCUT2D eigenvalue weighted by atomic mass is 16.6. The summed E-state index contributed by atoms with van der Waals surface area (Å²) >= 11 is 0. The van der Waals surface area contributed by atoms with Crippen LogP contribution in [0.1, 0.15) is 60.8 Å². The van der Waals surface area contributed by atoms with E-state index < -0.39 is 23.8 Å². The molecule has 0 saturated carbocycles. The van der Waals surface area contributed by atoms with Crippen LogP contribution >= 0.6 is 0 Å². The number of unbranched alkanes of at least 4 members (excludes halogenated alkanes) is 1. The Morgan fingerprint density at radius 3 is 2.15 bits per heavy atom. The first-order chi connectivity index (χ1) is 12.0. The van der Waals surface area contributed by atoms with Crippen LogP contribution in [0.5, 0.6) is 0 Å². The molecule has 0 aromatic rings. The van der Waals surface area contributed by atoms with Crippen LogP contribution in [0.4, 0.5) is 4.79 Å². The van der Waals surface area contributed by atoms with Gasteiger partial charge in [-0.2, -0.15) is 0 Å². The van der Waals surface area contributed by atoms with Crippen molar-refractivity contribution in [1.82, 2.24) is 16.0 Å². The number of amides is 3. The van der Waals surface area contributed by atoms with Crippen LogP contribution in [0, 0.1) is 5.92 Å². The van der Waals surface area contributed by atoms with E-state index in [1.807, 2.05) is 13.8 Å². The Labute approximate surface area is 155 Å². The maximum atomic E-state index is 12.3. The molecule has 3 N–H and O–H groups in total. The van der Waals surface area contributed by atoms with Gasteiger partial charge in [0, 0.05) is 13.5 Å². The van der Waals surface area contributed by atoms with Crippen molar-refractivity contribution in [2.24, 2.45) is 5.92 Å². The van der Waals surface area contributed by atoms with Crippen LogP contribution in [0.3, 0.4) is 0 Å². The van der Waals surface area contributed by atoms with Crippen LogP contribution in [0.15, 0.2) is 0 Å². The summed E-state index contributed by atoms with van der Waals surface area (Å²) in [4.78, 5) is 46.2. The minimum Gasteiger partial charge on any atom is -0.444 e. The molecule has 0 rings (SSSR count). The summed E-state index contributed by atoms with van der Waals surface area (Å²) < 4.78 is 5.13. The minimum atomic E-state index is -0.713. The quantitative estimate of drug-likeness (QED) is 0.398. The lowest BCUT2D eigenvalue weighted by Gasteiger charge is -2.22. The lowest BCUT2D eigenvalue weighted by atomic mass is 10.0. The Morgan fingerprint density at radius 1 is 1.08 bits per heavy atom. The molecule has 0 aromatic carbocycles. The Kier molecular flexibility index (Phi) is 10.6. The SMILES string of the molecule is CC(=O)N[C@@H](CCCCNC(=O)OC(C)(C)C)C(=O)N[C@H](C=O)C(C)C. The molecule has 0 radical (unpaired) electrons. The fourth-order valence-electron chi connectivity index (χ4n) is 2.11. The van der Waals surface area contributed by atoms with Crippen molar-refractivity contribution in [3.8, 4) is 0 Å². The standard InChI is InChI=1S/C18H33N3O5/c1-12(2)15(11-22)21-16(24)14(20-13(3)23)9-7-8-10-19-17(25)26-18(4,5)6/h11-12,14-15H,7-10H2,1-6H3,(H,19,25)(H,20,23)(H,21,24)/t14-,15+/m0/s1. The molecule has 26 heavy (non-hydrogen) atoms. The van der Waals surface area contributed by atoms with Gasteiger partial charge >= 0.3 is 6.09 Å². The first-order valence-electron chi connectivity index (χ1n) is 8.96. The second-order valence-electron chi connectivity index (χ2n) is 7.59. The topological polar surface area (TPSA) is 114 Å². The predicted octanol–water partition coefficient (Wildman–Crippen LogP) is 1.53. The van der Waals surface area contributed by atoms with Gasteiger partial charge in [0.15, 0.2) is 0 Å². The van der Waals surface area contributed by atoms with Crippen molar-refractivity contribution < 1.29 is 23.9 Å². The van der Waals surface area contributed by atoms with E-state index in [1.165, 1.54) is 6.92 Å². The van der Waals surface area contributed by atoms with Gasteiger partial charge in [0.2, 0.25) is 11.8 Å². The fourth-order valence-corrected chi connectivity index (χ4v) is 2.11. The molecule has 0 aliphatic heterocycles. The number of carbonyl (C=O) groups excluding carboxylic acids is 4. The normalized spacial score (nSPS) is 13.5.